The molecule has 12 heteroatoms. The number of nitrogens with one attached hydrogen (secondary N) is 1. The molecule has 32 heavy (non-hydrogen) atoms. The summed E-state index contributed by atoms with van der Waals surface area (Å²) in [5.41, 5.74) is -0.214. The summed E-state index contributed by atoms with van der Waals surface area (Å²) >= 11 is 0.862. The number of aromatic nitrogens is 2. The maximum atomic E-state index is 13.1. The third-order valence-corrected chi connectivity index (χ3v) is 6.32. The summed E-state index contributed by atoms with van der Waals surface area (Å²) in [6.45, 7) is 2.99. The molecule has 0 radical (unpaired) electrons. The first kappa shape index (κ1) is 23.8. The molecule has 174 valence electrons. The Balaban J connectivity index is 1.83. The quantitative estimate of drug-likeness (QED) is 0.611. The van der Waals surface area contributed by atoms with Crippen molar-refractivity contribution in [3.8, 4) is 0 Å². The third kappa shape index (κ3) is 4.79. The minimum absolute atomic E-state index is 0.00217. The third-order valence-electron chi connectivity index (χ3n) is 5.14. The molecule has 0 bridgehead atoms. The first-order valence-electron chi connectivity index (χ1n) is 9.73. The Labute approximate surface area is 185 Å². The fourth-order valence-corrected chi connectivity index (χ4v) is 4.35. The molecule has 1 aliphatic rings. The van der Waals surface area contributed by atoms with Gasteiger partial charge >= 0.3 is 18.1 Å². The molecular formula is C20H22F3N3O5S. The molecule has 1 aliphatic carbocycles. The maximum Gasteiger partial charge on any atom is 0.435 e. The molecule has 1 fully saturated rings. The highest BCUT2D eigenvalue weighted by atomic mass is 32.1. The number of thiophene rings is 1. The number of amides is 1. The van der Waals surface area contributed by atoms with Crippen LogP contribution < -0.4 is 5.32 Å². The molecule has 2 heterocycles. The van der Waals surface area contributed by atoms with Crippen LogP contribution in [0.3, 0.4) is 0 Å². The lowest BCUT2D eigenvalue weighted by atomic mass is 10.1. The highest BCUT2D eigenvalue weighted by Crippen LogP contribution is 2.42. The van der Waals surface area contributed by atoms with E-state index in [4.69, 9.17) is 9.47 Å². The minimum Gasteiger partial charge on any atom is -0.465 e. The molecule has 1 N–H and O–H groups in total. The van der Waals surface area contributed by atoms with Gasteiger partial charge in [0.05, 0.1) is 32.2 Å². The zero-order chi connectivity index (χ0) is 23.8. The Bertz CT molecular complexity index is 1060. The predicted molar refractivity (Wildman–Crippen MR) is 109 cm³/mol. The van der Waals surface area contributed by atoms with Crippen LogP contribution in [0.25, 0.3) is 0 Å². The second-order valence-electron chi connectivity index (χ2n) is 7.54. The van der Waals surface area contributed by atoms with E-state index in [1.165, 1.54) is 25.8 Å². The van der Waals surface area contributed by atoms with Crippen LogP contribution in [0.2, 0.25) is 0 Å². The van der Waals surface area contributed by atoms with Crippen molar-refractivity contribution in [1.29, 1.82) is 0 Å². The van der Waals surface area contributed by atoms with Gasteiger partial charge in [-0.25, -0.2) is 9.59 Å². The lowest BCUT2D eigenvalue weighted by Crippen LogP contribution is -2.26. The SMILES string of the molecule is COC(=O)c1sc(NC(=O)C(C)Cn2nc(C(F)(F)F)cc2C2CC2)c(C(=O)OC)c1C. The van der Waals surface area contributed by atoms with E-state index < -0.39 is 35.6 Å². The molecule has 0 aliphatic heterocycles. The van der Waals surface area contributed by atoms with E-state index in [0.29, 0.717) is 11.3 Å². The van der Waals surface area contributed by atoms with Crippen molar-refractivity contribution in [3.63, 3.8) is 0 Å². The molecule has 0 aromatic carbocycles. The van der Waals surface area contributed by atoms with E-state index in [9.17, 15) is 27.6 Å². The fourth-order valence-electron chi connectivity index (χ4n) is 3.24. The normalized spacial score (nSPS) is 14.7. The molecule has 0 spiro atoms. The number of ether oxygens (including phenoxy) is 2. The second-order valence-corrected chi connectivity index (χ2v) is 8.56. The number of hydrogen-bond acceptors (Lipinski definition) is 7. The molecule has 1 unspecified atom stereocenters. The lowest BCUT2D eigenvalue weighted by Gasteiger charge is -2.14. The highest BCUT2D eigenvalue weighted by Gasteiger charge is 2.38. The van der Waals surface area contributed by atoms with Crippen LogP contribution in [0.4, 0.5) is 18.2 Å². The molecular weight excluding hydrogens is 451 g/mol. The maximum absolute atomic E-state index is 13.1. The van der Waals surface area contributed by atoms with E-state index in [-0.39, 0.29) is 27.9 Å². The molecule has 2 aromatic rings. The van der Waals surface area contributed by atoms with Crippen molar-refractivity contribution in [3.05, 3.63) is 33.5 Å². The van der Waals surface area contributed by atoms with Crippen molar-refractivity contribution < 1.29 is 37.0 Å². The Hall–Kier alpha value is -2.89. The number of alkyl halides is 3. The molecule has 1 saturated carbocycles. The molecule has 8 nitrogen and oxygen atoms in total. The average Bonchev–Trinajstić information content (AvgIpc) is 3.40. The predicted octanol–water partition coefficient (Wildman–Crippen LogP) is 4.00. The monoisotopic (exact) mass is 473 g/mol. The van der Waals surface area contributed by atoms with Crippen molar-refractivity contribution in [2.45, 2.75) is 45.3 Å². The smallest absolute Gasteiger partial charge is 0.435 e. The van der Waals surface area contributed by atoms with Gasteiger partial charge in [0.1, 0.15) is 9.88 Å². The number of methoxy groups -OCH3 is 2. The summed E-state index contributed by atoms with van der Waals surface area (Å²) in [6, 6.07) is 1.03. The van der Waals surface area contributed by atoms with Crippen LogP contribution >= 0.6 is 11.3 Å². The number of esters is 2. The molecule has 2 aromatic heterocycles. The average molecular weight is 473 g/mol. The lowest BCUT2D eigenvalue weighted by molar-refractivity contribution is -0.141. The standard InChI is InChI=1S/C20H22F3N3O5S/c1-9(8-26-12(11-5-6-11)7-13(25-26)20(21,22)23)16(27)24-17-14(18(28)30-3)10(2)15(32-17)19(29)31-4/h7,9,11H,5-6,8H2,1-4H3,(H,24,27). The van der Waals surface area contributed by atoms with E-state index in [1.807, 2.05) is 0 Å². The van der Waals surface area contributed by atoms with E-state index in [1.54, 1.807) is 6.92 Å². The van der Waals surface area contributed by atoms with E-state index in [2.05, 4.69) is 10.4 Å². The van der Waals surface area contributed by atoms with E-state index >= 15 is 0 Å². The number of halogens is 3. The number of carbonyl (C=O) groups excluding carboxylic acids is 3. The van der Waals surface area contributed by atoms with Crippen LogP contribution in [0.1, 0.15) is 62.7 Å². The van der Waals surface area contributed by atoms with E-state index in [0.717, 1.165) is 30.2 Å². The van der Waals surface area contributed by atoms with Gasteiger partial charge in [-0.05, 0) is 31.4 Å². The van der Waals surface area contributed by atoms with Gasteiger partial charge in [0, 0.05) is 11.6 Å². The summed E-state index contributed by atoms with van der Waals surface area (Å²) < 4.78 is 50.0. The van der Waals surface area contributed by atoms with Gasteiger partial charge in [0.2, 0.25) is 5.91 Å². The summed E-state index contributed by atoms with van der Waals surface area (Å²) in [6.07, 6.45) is -3.03. The summed E-state index contributed by atoms with van der Waals surface area (Å²) in [5, 5.41) is 6.36. The molecule has 3 rings (SSSR count). The Kier molecular flexibility index (Phi) is 6.63. The van der Waals surface area contributed by atoms with Gasteiger partial charge < -0.3 is 14.8 Å². The van der Waals surface area contributed by atoms with Crippen LogP contribution in [-0.2, 0) is 27.0 Å². The summed E-state index contributed by atoms with van der Waals surface area (Å²) in [5.74, 6) is -2.73. The van der Waals surface area contributed by atoms with Crippen molar-refractivity contribution in [1.82, 2.24) is 9.78 Å². The number of nitrogens with zero attached hydrogens (tertiary/aromatic N) is 2. The van der Waals surface area contributed by atoms with Gasteiger partial charge in [0.25, 0.3) is 0 Å². The first-order valence-corrected chi connectivity index (χ1v) is 10.5. The Morgan fingerprint density at radius 3 is 2.41 bits per heavy atom. The van der Waals surface area contributed by atoms with Crippen LogP contribution in [0, 0.1) is 12.8 Å². The van der Waals surface area contributed by atoms with Gasteiger partial charge in [-0.3, -0.25) is 9.48 Å². The number of carbonyl (C=O) groups is 3. The van der Waals surface area contributed by atoms with Crippen molar-refractivity contribution >= 4 is 34.2 Å². The topological polar surface area (TPSA) is 99.5 Å². The number of rotatable bonds is 7. The van der Waals surface area contributed by atoms with Crippen molar-refractivity contribution in [2.75, 3.05) is 19.5 Å². The number of anilines is 1. The largest absolute Gasteiger partial charge is 0.465 e. The van der Waals surface area contributed by atoms with Gasteiger partial charge in [0.15, 0.2) is 5.69 Å². The highest BCUT2D eigenvalue weighted by molar-refractivity contribution is 7.18. The van der Waals surface area contributed by atoms with Gasteiger partial charge in [-0.1, -0.05) is 6.92 Å². The Morgan fingerprint density at radius 2 is 1.88 bits per heavy atom. The van der Waals surface area contributed by atoms with Crippen LogP contribution in [-0.4, -0.2) is 41.8 Å². The first-order chi connectivity index (χ1) is 15.0. The molecule has 1 amide bonds. The zero-order valence-corrected chi connectivity index (χ0v) is 18.6. The zero-order valence-electron chi connectivity index (χ0n) is 17.8. The second kappa shape index (κ2) is 8.93. The van der Waals surface area contributed by atoms with Gasteiger partial charge in [-0.15, -0.1) is 11.3 Å². The fraction of sp³-hybridized carbons (Fsp3) is 0.500. The molecule has 0 saturated heterocycles. The van der Waals surface area contributed by atoms with Gasteiger partial charge in [-0.2, -0.15) is 18.3 Å². The van der Waals surface area contributed by atoms with Crippen molar-refractivity contribution in [2.24, 2.45) is 5.92 Å². The minimum atomic E-state index is -4.57. The molecule has 1 atom stereocenters. The Morgan fingerprint density at radius 1 is 1.25 bits per heavy atom. The van der Waals surface area contributed by atoms with Crippen LogP contribution in [0.15, 0.2) is 6.07 Å². The van der Waals surface area contributed by atoms with Crippen LogP contribution in [0.5, 0.6) is 0 Å². The summed E-state index contributed by atoms with van der Waals surface area (Å²) in [4.78, 5) is 37.1. The summed E-state index contributed by atoms with van der Waals surface area (Å²) in [7, 11) is 2.36. The number of hydrogen-bond donors (Lipinski definition) is 1.